The average Bonchev–Trinajstić information content (AvgIpc) is 2.53. The summed E-state index contributed by atoms with van der Waals surface area (Å²) in [6, 6.07) is 0. The maximum Gasteiger partial charge on any atom is 0.322 e. The minimum Gasteiger partial charge on any atom is -0.480 e. The zero-order chi connectivity index (χ0) is 18.2. The number of aliphatic carboxylic acids is 2. The molecule has 0 aliphatic carbocycles. The van der Waals surface area contributed by atoms with Crippen LogP contribution in [-0.4, -0.2) is 28.4 Å². The van der Waals surface area contributed by atoms with Gasteiger partial charge in [0, 0.05) is 5.57 Å². The van der Waals surface area contributed by atoms with Crippen molar-refractivity contribution in [2.75, 3.05) is 0 Å². The Morgan fingerprint density at radius 1 is 0.708 bits per heavy atom. The van der Waals surface area contributed by atoms with Crippen LogP contribution < -0.4 is 0 Å². The van der Waals surface area contributed by atoms with Crippen LogP contribution in [0, 0.1) is 5.92 Å². The lowest BCUT2D eigenvalue weighted by molar-refractivity contribution is -0.152. The summed E-state index contributed by atoms with van der Waals surface area (Å²) in [6.45, 7) is 1.93. The van der Waals surface area contributed by atoms with Crippen LogP contribution in [0.4, 0.5) is 0 Å². The molecule has 0 aromatic rings. The Kier molecular flexibility index (Phi) is 11.7. The Morgan fingerprint density at radius 2 is 1.08 bits per heavy atom. The molecule has 126 valence electrons. The molecule has 0 saturated heterocycles. The molecule has 0 atom stereocenters. The van der Waals surface area contributed by atoms with Gasteiger partial charge >= 0.3 is 11.9 Å². The summed E-state index contributed by atoms with van der Waals surface area (Å²) in [4.78, 5) is 32.4. The SMILES string of the molecule is C/C=C/C=C/C=C/C=C/C=C/C=C/C=C(\C=O)C(C(=O)O)C(=O)O. The molecule has 0 aliphatic heterocycles. The molecule has 0 rings (SSSR count). The minimum absolute atomic E-state index is 0.229. The fourth-order valence-corrected chi connectivity index (χ4v) is 1.45. The van der Waals surface area contributed by atoms with Crippen molar-refractivity contribution in [2.45, 2.75) is 6.92 Å². The summed E-state index contributed by atoms with van der Waals surface area (Å²) in [7, 11) is 0. The van der Waals surface area contributed by atoms with E-state index in [4.69, 9.17) is 10.2 Å². The minimum atomic E-state index is -1.86. The Morgan fingerprint density at radius 3 is 1.42 bits per heavy atom. The lowest BCUT2D eigenvalue weighted by atomic mass is 10.00. The second kappa shape index (κ2) is 13.5. The summed E-state index contributed by atoms with van der Waals surface area (Å²) < 4.78 is 0. The van der Waals surface area contributed by atoms with E-state index < -0.39 is 17.9 Å². The lowest BCUT2D eigenvalue weighted by Gasteiger charge is -2.05. The van der Waals surface area contributed by atoms with E-state index >= 15 is 0 Å². The number of hydrogen-bond acceptors (Lipinski definition) is 3. The van der Waals surface area contributed by atoms with Crippen LogP contribution in [-0.2, 0) is 14.4 Å². The predicted molar refractivity (Wildman–Crippen MR) is 93.4 cm³/mol. The molecule has 5 heteroatoms. The Labute approximate surface area is 141 Å². The number of carbonyl (C=O) groups excluding carboxylic acids is 1. The van der Waals surface area contributed by atoms with Crippen LogP contribution in [0.15, 0.2) is 84.6 Å². The zero-order valence-corrected chi connectivity index (χ0v) is 13.3. The zero-order valence-electron chi connectivity index (χ0n) is 13.3. The van der Waals surface area contributed by atoms with Gasteiger partial charge in [0.2, 0.25) is 0 Å². The summed E-state index contributed by atoms with van der Waals surface area (Å²) in [5.74, 6) is -5.03. The monoisotopic (exact) mass is 328 g/mol. The third kappa shape index (κ3) is 9.68. The number of hydrogen-bond donors (Lipinski definition) is 2. The molecular formula is C19H20O5. The second-order valence-corrected chi connectivity index (χ2v) is 4.34. The van der Waals surface area contributed by atoms with Gasteiger partial charge in [-0.2, -0.15) is 0 Å². The molecule has 5 nitrogen and oxygen atoms in total. The molecule has 2 N–H and O–H groups in total. The van der Waals surface area contributed by atoms with Crippen molar-refractivity contribution in [3.63, 3.8) is 0 Å². The largest absolute Gasteiger partial charge is 0.480 e. The molecule has 24 heavy (non-hydrogen) atoms. The highest BCUT2D eigenvalue weighted by Gasteiger charge is 2.29. The molecule has 0 aromatic carbocycles. The van der Waals surface area contributed by atoms with Gasteiger partial charge in [-0.25, -0.2) is 0 Å². The first-order valence-electron chi connectivity index (χ1n) is 7.11. The smallest absolute Gasteiger partial charge is 0.322 e. The molecule has 0 unspecified atom stereocenters. The van der Waals surface area contributed by atoms with E-state index in [-0.39, 0.29) is 11.9 Å². The van der Waals surface area contributed by atoms with Gasteiger partial charge in [-0.3, -0.25) is 14.4 Å². The van der Waals surface area contributed by atoms with E-state index in [0.717, 1.165) is 0 Å². The molecule has 0 aromatic heterocycles. The van der Waals surface area contributed by atoms with E-state index in [1.54, 1.807) is 24.3 Å². The lowest BCUT2D eigenvalue weighted by Crippen LogP contribution is -2.26. The van der Waals surface area contributed by atoms with Gasteiger partial charge in [0.25, 0.3) is 0 Å². The highest BCUT2D eigenvalue weighted by molar-refractivity contribution is 6.02. The average molecular weight is 328 g/mol. The third-order valence-corrected chi connectivity index (χ3v) is 2.56. The maximum atomic E-state index is 10.8. The van der Waals surface area contributed by atoms with Gasteiger partial charge in [-0.15, -0.1) is 0 Å². The fraction of sp³-hybridized carbons (Fsp3) is 0.105. The first-order valence-corrected chi connectivity index (χ1v) is 7.11. The Balaban J connectivity index is 4.60. The number of carboxylic acids is 2. The summed E-state index contributed by atoms with van der Waals surface area (Å²) in [6.07, 6.45) is 22.7. The van der Waals surface area contributed by atoms with Crippen LogP contribution in [0.3, 0.4) is 0 Å². The Hall–Kier alpha value is -3.21. The second-order valence-electron chi connectivity index (χ2n) is 4.34. The molecule has 0 spiro atoms. The van der Waals surface area contributed by atoms with Gasteiger partial charge in [0.1, 0.15) is 6.29 Å². The normalized spacial score (nSPS) is 13.7. The molecule has 0 amide bonds. The summed E-state index contributed by atoms with van der Waals surface area (Å²) in [5, 5.41) is 17.6. The van der Waals surface area contributed by atoms with E-state index in [1.165, 1.54) is 12.2 Å². The van der Waals surface area contributed by atoms with Crippen molar-refractivity contribution in [3.8, 4) is 0 Å². The van der Waals surface area contributed by atoms with Crippen LogP contribution in [0.1, 0.15) is 6.92 Å². The molecule has 0 bridgehead atoms. The van der Waals surface area contributed by atoms with Crippen LogP contribution in [0.25, 0.3) is 0 Å². The number of carbonyl (C=O) groups is 3. The van der Waals surface area contributed by atoms with Crippen molar-refractivity contribution in [1.82, 2.24) is 0 Å². The molecule has 0 fully saturated rings. The van der Waals surface area contributed by atoms with E-state index in [2.05, 4.69) is 0 Å². The van der Waals surface area contributed by atoms with E-state index in [9.17, 15) is 14.4 Å². The standard InChI is InChI=1S/C19H20O5/c1-2-3-4-5-6-7-8-9-10-11-12-13-14-16(15-20)17(18(21)22)19(23)24/h2-15,17H,1H3,(H,21,22)(H,23,24)/b3-2+,5-4+,7-6+,9-8+,11-10+,13-12+,16-14+. The van der Waals surface area contributed by atoms with Gasteiger partial charge in [0.05, 0.1) is 0 Å². The summed E-state index contributed by atoms with van der Waals surface area (Å²) >= 11 is 0. The maximum absolute atomic E-state index is 10.8. The van der Waals surface area contributed by atoms with Crippen molar-refractivity contribution in [3.05, 3.63) is 84.6 Å². The number of aldehydes is 1. The van der Waals surface area contributed by atoms with Gasteiger partial charge in [0.15, 0.2) is 5.92 Å². The topological polar surface area (TPSA) is 91.7 Å². The van der Waals surface area contributed by atoms with E-state index in [0.29, 0.717) is 0 Å². The van der Waals surface area contributed by atoms with Gasteiger partial charge in [-0.05, 0) is 6.92 Å². The number of allylic oxidation sites excluding steroid dienone is 13. The molecule has 0 saturated carbocycles. The van der Waals surface area contributed by atoms with Crippen molar-refractivity contribution < 1.29 is 24.6 Å². The predicted octanol–water partition coefficient (Wildman–Crippen LogP) is 3.25. The highest BCUT2D eigenvalue weighted by Crippen LogP contribution is 2.10. The van der Waals surface area contributed by atoms with Crippen LogP contribution >= 0.6 is 0 Å². The quantitative estimate of drug-likeness (QED) is 0.278. The summed E-state index contributed by atoms with van der Waals surface area (Å²) in [5.41, 5.74) is -0.328. The van der Waals surface area contributed by atoms with Crippen molar-refractivity contribution in [2.24, 2.45) is 5.92 Å². The first-order chi connectivity index (χ1) is 11.5. The van der Waals surface area contributed by atoms with Crippen LogP contribution in [0.5, 0.6) is 0 Å². The fourth-order valence-electron chi connectivity index (χ4n) is 1.45. The van der Waals surface area contributed by atoms with Crippen molar-refractivity contribution >= 4 is 18.2 Å². The Bertz CT molecular complexity index is 614. The molecule has 0 heterocycles. The number of rotatable bonds is 10. The van der Waals surface area contributed by atoms with Crippen molar-refractivity contribution in [1.29, 1.82) is 0 Å². The molecule has 0 radical (unpaired) electrons. The first kappa shape index (κ1) is 20.8. The van der Waals surface area contributed by atoms with E-state index in [1.807, 2.05) is 49.5 Å². The highest BCUT2D eigenvalue weighted by atomic mass is 16.4. The number of carboxylic acid groups (broad SMARTS) is 2. The van der Waals surface area contributed by atoms with Gasteiger partial charge in [-0.1, -0.05) is 79.0 Å². The van der Waals surface area contributed by atoms with Gasteiger partial charge < -0.3 is 10.2 Å². The molecule has 0 aliphatic rings. The van der Waals surface area contributed by atoms with Crippen LogP contribution in [0.2, 0.25) is 0 Å². The third-order valence-electron chi connectivity index (χ3n) is 2.56. The molecular weight excluding hydrogens is 308 g/mol.